The molecule has 1 aromatic carbocycles. The van der Waals surface area contributed by atoms with Crippen molar-refractivity contribution in [3.63, 3.8) is 0 Å². The van der Waals surface area contributed by atoms with Crippen LogP contribution in [-0.2, 0) is 6.54 Å². The molecule has 0 radical (unpaired) electrons. The number of aromatic nitrogens is 2. The zero-order chi connectivity index (χ0) is 17.5. The Morgan fingerprint density at radius 2 is 2.08 bits per heavy atom. The summed E-state index contributed by atoms with van der Waals surface area (Å²) in [6.07, 6.45) is 6.45. The number of nitrogens with zero attached hydrogens (tertiary/aromatic N) is 2. The first kappa shape index (κ1) is 16.0. The number of amides is 1. The lowest BCUT2D eigenvalue weighted by Crippen LogP contribution is -2.50. The standard InChI is InChI=1S/C20H22N4OS/c25-20(14-2-1-13-5-7-21-19(13)9-14)22-16-10-17-3-4-18(11-16)24(17)12-15-6-8-26-23-15/h1-2,5-9,16-18,21H,3-4,10-12H2,(H,22,25)/t16?,17-,18+. The van der Waals surface area contributed by atoms with Crippen molar-refractivity contribution in [3.05, 3.63) is 53.2 Å². The molecule has 2 aromatic heterocycles. The fourth-order valence-corrected chi connectivity index (χ4v) is 5.15. The van der Waals surface area contributed by atoms with Crippen LogP contribution in [0.3, 0.4) is 0 Å². The van der Waals surface area contributed by atoms with Crippen LogP contribution >= 0.6 is 11.5 Å². The SMILES string of the molecule is O=C(NC1C[C@H]2CC[C@@H](C1)N2Cc1ccsn1)c1ccc2cc[nH]c2c1. The number of nitrogens with one attached hydrogen (secondary N) is 2. The molecule has 2 aliphatic rings. The van der Waals surface area contributed by atoms with Gasteiger partial charge in [-0.3, -0.25) is 9.69 Å². The number of carbonyl (C=O) groups is 1. The lowest BCUT2D eigenvalue weighted by Gasteiger charge is -2.38. The topological polar surface area (TPSA) is 61.0 Å². The Hall–Kier alpha value is -2.18. The van der Waals surface area contributed by atoms with Gasteiger partial charge in [-0.2, -0.15) is 4.37 Å². The second-order valence-corrected chi connectivity index (χ2v) is 8.14. The second-order valence-electron chi connectivity index (χ2n) is 7.47. The smallest absolute Gasteiger partial charge is 0.251 e. The maximum absolute atomic E-state index is 12.7. The number of piperidine rings is 1. The number of carbonyl (C=O) groups excluding carboxylic acids is 1. The molecule has 1 amide bonds. The Labute approximate surface area is 156 Å². The van der Waals surface area contributed by atoms with Crippen molar-refractivity contribution in [2.24, 2.45) is 0 Å². The fourth-order valence-electron chi connectivity index (χ4n) is 4.61. The summed E-state index contributed by atoms with van der Waals surface area (Å²) in [4.78, 5) is 18.5. The summed E-state index contributed by atoms with van der Waals surface area (Å²) in [6, 6.07) is 11.4. The summed E-state index contributed by atoms with van der Waals surface area (Å²) < 4.78 is 4.46. The highest BCUT2D eigenvalue weighted by atomic mass is 32.1. The van der Waals surface area contributed by atoms with Gasteiger partial charge >= 0.3 is 0 Å². The Bertz CT molecular complexity index is 905. The van der Waals surface area contributed by atoms with E-state index < -0.39 is 0 Å². The van der Waals surface area contributed by atoms with Gasteiger partial charge in [-0.25, -0.2) is 0 Å². The Morgan fingerprint density at radius 3 is 2.85 bits per heavy atom. The third-order valence-corrected chi connectivity index (χ3v) is 6.47. The molecule has 2 fully saturated rings. The van der Waals surface area contributed by atoms with Crippen LogP contribution in [0, 0.1) is 0 Å². The Balaban J connectivity index is 1.25. The first-order chi connectivity index (χ1) is 12.8. The third-order valence-electron chi connectivity index (χ3n) is 5.87. The van der Waals surface area contributed by atoms with Gasteiger partial charge < -0.3 is 10.3 Å². The highest BCUT2D eigenvalue weighted by Gasteiger charge is 2.41. The van der Waals surface area contributed by atoms with Crippen molar-refractivity contribution >= 4 is 28.3 Å². The molecule has 26 heavy (non-hydrogen) atoms. The van der Waals surface area contributed by atoms with Crippen LogP contribution in [0.15, 0.2) is 41.9 Å². The molecule has 0 saturated carbocycles. The molecule has 6 heteroatoms. The van der Waals surface area contributed by atoms with Gasteiger partial charge in [-0.05, 0) is 66.9 Å². The zero-order valence-corrected chi connectivity index (χ0v) is 15.3. The second kappa shape index (κ2) is 6.52. The third kappa shape index (κ3) is 2.93. The normalized spacial score (nSPS) is 25.6. The molecule has 5 rings (SSSR count). The summed E-state index contributed by atoms with van der Waals surface area (Å²) in [5.74, 6) is 0.0406. The van der Waals surface area contributed by atoms with Crippen LogP contribution in [-0.4, -0.2) is 38.3 Å². The lowest BCUT2D eigenvalue weighted by molar-refractivity contribution is 0.0825. The average molecular weight is 366 g/mol. The number of hydrogen-bond donors (Lipinski definition) is 2. The molecule has 2 aliphatic heterocycles. The molecule has 5 nitrogen and oxygen atoms in total. The summed E-state index contributed by atoms with van der Waals surface area (Å²) in [5.41, 5.74) is 2.92. The largest absolute Gasteiger partial charge is 0.361 e. The van der Waals surface area contributed by atoms with Crippen LogP contribution < -0.4 is 5.32 Å². The van der Waals surface area contributed by atoms with Gasteiger partial charge in [0.1, 0.15) is 0 Å². The highest BCUT2D eigenvalue weighted by Crippen LogP contribution is 2.36. The van der Waals surface area contributed by atoms with E-state index in [1.54, 1.807) is 0 Å². The molecule has 134 valence electrons. The van der Waals surface area contributed by atoms with Crippen LogP contribution in [0.5, 0.6) is 0 Å². The monoisotopic (exact) mass is 366 g/mol. The van der Waals surface area contributed by atoms with Gasteiger partial charge in [-0.1, -0.05) is 6.07 Å². The molecule has 2 N–H and O–H groups in total. The van der Waals surface area contributed by atoms with Crippen LogP contribution in [0.25, 0.3) is 10.9 Å². The Morgan fingerprint density at radius 1 is 1.23 bits per heavy atom. The van der Waals surface area contributed by atoms with Crippen molar-refractivity contribution in [2.75, 3.05) is 0 Å². The molecule has 1 unspecified atom stereocenters. The van der Waals surface area contributed by atoms with E-state index in [0.29, 0.717) is 12.1 Å². The quantitative estimate of drug-likeness (QED) is 0.742. The predicted molar refractivity (Wildman–Crippen MR) is 103 cm³/mol. The van der Waals surface area contributed by atoms with Crippen molar-refractivity contribution in [2.45, 2.75) is 50.4 Å². The van der Waals surface area contributed by atoms with E-state index in [1.165, 1.54) is 30.1 Å². The summed E-state index contributed by atoms with van der Waals surface area (Å²) in [6.45, 7) is 0.947. The Kier molecular flexibility index (Phi) is 4.02. The number of benzene rings is 1. The number of rotatable bonds is 4. The fraction of sp³-hybridized carbons (Fsp3) is 0.400. The number of aromatic amines is 1. The minimum atomic E-state index is 0.0406. The molecule has 2 saturated heterocycles. The highest BCUT2D eigenvalue weighted by molar-refractivity contribution is 7.03. The van der Waals surface area contributed by atoms with Crippen molar-refractivity contribution in [3.8, 4) is 0 Å². The molecule has 2 bridgehead atoms. The molecule has 0 spiro atoms. The summed E-state index contributed by atoms with van der Waals surface area (Å²) in [7, 11) is 0. The van der Waals surface area contributed by atoms with Crippen LogP contribution in [0.1, 0.15) is 41.7 Å². The molecular formula is C20H22N4OS. The molecular weight excluding hydrogens is 344 g/mol. The number of H-pyrrole nitrogens is 1. The van der Waals surface area contributed by atoms with E-state index in [9.17, 15) is 4.79 Å². The lowest BCUT2D eigenvalue weighted by atomic mass is 9.96. The van der Waals surface area contributed by atoms with E-state index in [-0.39, 0.29) is 11.9 Å². The van der Waals surface area contributed by atoms with E-state index in [2.05, 4.69) is 25.6 Å². The molecule has 3 atom stereocenters. The van der Waals surface area contributed by atoms with Crippen molar-refractivity contribution in [1.29, 1.82) is 0 Å². The number of hydrogen-bond acceptors (Lipinski definition) is 4. The minimum absolute atomic E-state index is 0.0406. The summed E-state index contributed by atoms with van der Waals surface area (Å²) >= 11 is 1.52. The summed E-state index contributed by atoms with van der Waals surface area (Å²) in [5, 5.41) is 6.46. The van der Waals surface area contributed by atoms with Gasteiger partial charge in [0.2, 0.25) is 0 Å². The van der Waals surface area contributed by atoms with E-state index in [1.807, 2.05) is 35.8 Å². The number of fused-ring (bicyclic) bond motifs is 3. The van der Waals surface area contributed by atoms with Gasteiger partial charge in [0.05, 0.1) is 5.69 Å². The van der Waals surface area contributed by atoms with Gasteiger partial charge in [-0.15, -0.1) is 0 Å². The van der Waals surface area contributed by atoms with E-state index in [4.69, 9.17) is 0 Å². The predicted octanol–water partition coefficient (Wildman–Crippen LogP) is 3.55. The van der Waals surface area contributed by atoms with Gasteiger partial charge in [0.25, 0.3) is 5.91 Å². The molecule has 0 aliphatic carbocycles. The molecule has 4 heterocycles. The van der Waals surface area contributed by atoms with Crippen LogP contribution in [0.4, 0.5) is 0 Å². The van der Waals surface area contributed by atoms with Gasteiger partial charge in [0, 0.05) is 47.3 Å². The van der Waals surface area contributed by atoms with Gasteiger partial charge in [0.15, 0.2) is 0 Å². The maximum Gasteiger partial charge on any atom is 0.251 e. The first-order valence-corrected chi connectivity index (χ1v) is 10.1. The minimum Gasteiger partial charge on any atom is -0.361 e. The first-order valence-electron chi connectivity index (χ1n) is 9.29. The van der Waals surface area contributed by atoms with E-state index >= 15 is 0 Å². The van der Waals surface area contributed by atoms with Crippen molar-refractivity contribution in [1.82, 2.24) is 19.6 Å². The average Bonchev–Trinajstić information content (AvgIpc) is 3.36. The van der Waals surface area contributed by atoms with Crippen LogP contribution in [0.2, 0.25) is 0 Å². The van der Waals surface area contributed by atoms with E-state index in [0.717, 1.165) is 35.9 Å². The van der Waals surface area contributed by atoms with Crippen molar-refractivity contribution < 1.29 is 4.79 Å². The zero-order valence-electron chi connectivity index (χ0n) is 14.5. The molecule has 3 aromatic rings. The maximum atomic E-state index is 12.7.